The lowest BCUT2D eigenvalue weighted by atomic mass is 10.1. The number of alkyl halides is 3. The molecule has 8 heteroatoms. The zero-order chi connectivity index (χ0) is 13.9. The molecule has 0 bridgehead atoms. The van der Waals surface area contributed by atoms with Gasteiger partial charge in [-0.15, -0.1) is 0 Å². The summed E-state index contributed by atoms with van der Waals surface area (Å²) >= 11 is 5.47. The third-order valence-corrected chi connectivity index (χ3v) is 2.42. The monoisotopic (exact) mass is 285 g/mol. The van der Waals surface area contributed by atoms with Crippen LogP contribution < -0.4 is 5.32 Å². The van der Waals surface area contributed by atoms with E-state index in [9.17, 15) is 18.3 Å². The lowest BCUT2D eigenvalue weighted by Crippen LogP contribution is -2.23. The van der Waals surface area contributed by atoms with Crippen molar-refractivity contribution in [3.05, 3.63) is 22.7 Å². The zero-order valence-electron chi connectivity index (χ0n) is 9.00. The highest BCUT2D eigenvalue weighted by Crippen LogP contribution is 2.39. The number of nitrogens with one attached hydrogen (secondary N) is 1. The minimum atomic E-state index is -4.59. The van der Waals surface area contributed by atoms with Gasteiger partial charge in [0.15, 0.2) is 5.75 Å². The number of halogens is 4. The second kappa shape index (κ2) is 5.64. The summed E-state index contributed by atoms with van der Waals surface area (Å²) in [5, 5.41) is 29.0. The first kappa shape index (κ1) is 14.9. The van der Waals surface area contributed by atoms with Gasteiger partial charge in [0, 0.05) is 6.54 Å². The van der Waals surface area contributed by atoms with Gasteiger partial charge in [0.1, 0.15) is 0 Å². The third kappa shape index (κ3) is 3.66. The molecule has 0 heterocycles. The number of hydrogen-bond donors (Lipinski definition) is 4. The molecule has 1 rings (SSSR count). The summed E-state index contributed by atoms with van der Waals surface area (Å²) in [7, 11) is 0. The first-order valence-electron chi connectivity index (χ1n) is 4.88. The Kier molecular flexibility index (Phi) is 4.66. The molecular weight excluding hydrogens is 275 g/mol. The van der Waals surface area contributed by atoms with Crippen molar-refractivity contribution in [3.63, 3.8) is 0 Å². The van der Waals surface area contributed by atoms with E-state index in [1.54, 1.807) is 0 Å². The largest absolute Gasteiger partial charge is 0.504 e. The van der Waals surface area contributed by atoms with Crippen LogP contribution in [0.5, 0.6) is 5.75 Å². The van der Waals surface area contributed by atoms with Crippen LogP contribution in [0.3, 0.4) is 0 Å². The number of rotatable bonds is 4. The summed E-state index contributed by atoms with van der Waals surface area (Å²) in [6.45, 7) is -0.776. The molecule has 0 aromatic heterocycles. The Bertz CT molecular complexity index is 426. The Morgan fingerprint density at radius 1 is 1.33 bits per heavy atom. The lowest BCUT2D eigenvalue weighted by Gasteiger charge is -2.15. The Hall–Kier alpha value is -1.18. The van der Waals surface area contributed by atoms with E-state index in [0.717, 1.165) is 0 Å². The second-order valence-electron chi connectivity index (χ2n) is 3.57. The third-order valence-electron chi connectivity index (χ3n) is 2.13. The topological polar surface area (TPSA) is 72.7 Å². The molecule has 18 heavy (non-hydrogen) atoms. The van der Waals surface area contributed by atoms with Gasteiger partial charge in [-0.2, -0.15) is 13.2 Å². The molecule has 0 saturated heterocycles. The van der Waals surface area contributed by atoms with Crippen LogP contribution in [0.1, 0.15) is 5.56 Å². The number of hydrogen-bond acceptors (Lipinski definition) is 4. The maximum Gasteiger partial charge on any atom is 0.416 e. The molecule has 4 nitrogen and oxygen atoms in total. The maximum atomic E-state index is 12.5. The van der Waals surface area contributed by atoms with Crippen LogP contribution in [0.25, 0.3) is 0 Å². The highest BCUT2D eigenvalue weighted by atomic mass is 35.5. The Balaban J connectivity index is 3.00. The van der Waals surface area contributed by atoms with Gasteiger partial charge in [-0.25, -0.2) is 0 Å². The summed E-state index contributed by atoms with van der Waals surface area (Å²) in [4.78, 5) is 0. The first-order chi connectivity index (χ1) is 8.25. The number of phenols is 1. The van der Waals surface area contributed by atoms with Crippen molar-refractivity contribution in [2.45, 2.75) is 12.3 Å². The van der Waals surface area contributed by atoms with E-state index in [2.05, 4.69) is 5.32 Å². The van der Waals surface area contributed by atoms with Crippen LogP contribution in [-0.4, -0.2) is 34.6 Å². The van der Waals surface area contributed by atoms with Crippen molar-refractivity contribution in [3.8, 4) is 5.75 Å². The van der Waals surface area contributed by atoms with E-state index >= 15 is 0 Å². The van der Waals surface area contributed by atoms with Crippen LogP contribution in [0, 0.1) is 0 Å². The van der Waals surface area contributed by atoms with Crippen molar-refractivity contribution < 1.29 is 28.5 Å². The van der Waals surface area contributed by atoms with Crippen LogP contribution in [0.2, 0.25) is 5.02 Å². The minimum absolute atomic E-state index is 0.221. The molecule has 0 radical (unpaired) electrons. The van der Waals surface area contributed by atoms with Crippen LogP contribution in [-0.2, 0) is 6.18 Å². The van der Waals surface area contributed by atoms with Gasteiger partial charge in [0.05, 0.1) is 29.0 Å². The maximum absolute atomic E-state index is 12.5. The molecule has 0 aliphatic carbocycles. The molecule has 0 amide bonds. The van der Waals surface area contributed by atoms with Crippen LogP contribution in [0.4, 0.5) is 18.9 Å². The Morgan fingerprint density at radius 2 is 1.94 bits per heavy atom. The van der Waals surface area contributed by atoms with Crippen molar-refractivity contribution in [2.75, 3.05) is 18.5 Å². The molecule has 102 valence electrons. The summed E-state index contributed by atoms with van der Waals surface area (Å²) in [5.41, 5.74) is -1.28. The normalized spacial score (nSPS) is 13.4. The number of benzene rings is 1. The molecule has 1 aromatic carbocycles. The SMILES string of the molecule is OCC(O)CNc1cc(C(F)(F)F)cc(Cl)c1O. The van der Waals surface area contributed by atoms with E-state index < -0.39 is 35.2 Å². The summed E-state index contributed by atoms with van der Waals surface area (Å²) in [6, 6.07) is 1.27. The van der Waals surface area contributed by atoms with Gasteiger partial charge in [0.2, 0.25) is 0 Å². The number of aliphatic hydroxyl groups is 2. The molecule has 0 aliphatic rings. The zero-order valence-corrected chi connectivity index (χ0v) is 9.76. The van der Waals surface area contributed by atoms with Crippen LogP contribution >= 0.6 is 11.6 Å². The highest BCUT2D eigenvalue weighted by Gasteiger charge is 2.32. The van der Waals surface area contributed by atoms with Crippen molar-refractivity contribution in [2.24, 2.45) is 0 Å². The van der Waals surface area contributed by atoms with Gasteiger partial charge in [-0.3, -0.25) is 0 Å². The molecule has 0 fully saturated rings. The molecule has 1 atom stereocenters. The van der Waals surface area contributed by atoms with Crippen molar-refractivity contribution >= 4 is 17.3 Å². The molecule has 0 aliphatic heterocycles. The summed E-state index contributed by atoms with van der Waals surface area (Å²) < 4.78 is 37.5. The average Bonchev–Trinajstić information content (AvgIpc) is 2.28. The van der Waals surface area contributed by atoms with Gasteiger partial charge in [-0.05, 0) is 12.1 Å². The predicted octanol–water partition coefficient (Wildman–Crippen LogP) is 1.83. The molecule has 4 N–H and O–H groups in total. The van der Waals surface area contributed by atoms with E-state index in [1.165, 1.54) is 0 Å². The molecule has 1 unspecified atom stereocenters. The molecular formula is C10H11ClF3NO3. The van der Waals surface area contributed by atoms with Gasteiger partial charge in [-0.1, -0.05) is 11.6 Å². The fourth-order valence-electron chi connectivity index (χ4n) is 1.19. The smallest absolute Gasteiger partial charge is 0.416 e. The van der Waals surface area contributed by atoms with Gasteiger partial charge >= 0.3 is 6.18 Å². The molecule has 0 saturated carbocycles. The predicted molar refractivity (Wildman–Crippen MR) is 59.7 cm³/mol. The van der Waals surface area contributed by atoms with E-state index in [0.29, 0.717) is 12.1 Å². The number of phenolic OH excluding ortho intramolecular Hbond substituents is 1. The van der Waals surface area contributed by atoms with Crippen molar-refractivity contribution in [1.82, 2.24) is 0 Å². The van der Waals surface area contributed by atoms with E-state index in [1.807, 2.05) is 0 Å². The van der Waals surface area contributed by atoms with E-state index in [4.69, 9.17) is 21.8 Å². The quantitative estimate of drug-likeness (QED) is 0.637. The van der Waals surface area contributed by atoms with E-state index in [-0.39, 0.29) is 12.2 Å². The fraction of sp³-hybridized carbons (Fsp3) is 0.400. The Morgan fingerprint density at radius 3 is 2.44 bits per heavy atom. The highest BCUT2D eigenvalue weighted by molar-refractivity contribution is 6.32. The first-order valence-corrected chi connectivity index (χ1v) is 5.26. The lowest BCUT2D eigenvalue weighted by molar-refractivity contribution is -0.137. The van der Waals surface area contributed by atoms with Gasteiger partial charge < -0.3 is 20.6 Å². The molecule has 1 aromatic rings. The second-order valence-corrected chi connectivity index (χ2v) is 3.98. The average molecular weight is 286 g/mol. The van der Waals surface area contributed by atoms with Crippen molar-refractivity contribution in [1.29, 1.82) is 0 Å². The Labute approximate surface area is 106 Å². The van der Waals surface area contributed by atoms with Crippen LogP contribution in [0.15, 0.2) is 12.1 Å². The summed E-state index contributed by atoms with van der Waals surface area (Å²) in [5.74, 6) is -0.546. The number of aliphatic hydroxyl groups excluding tert-OH is 2. The fourth-order valence-corrected chi connectivity index (χ4v) is 1.41. The summed E-state index contributed by atoms with van der Waals surface area (Å²) in [6.07, 6.45) is -5.75. The molecule has 0 spiro atoms. The minimum Gasteiger partial charge on any atom is -0.504 e. The standard InChI is InChI=1S/C10H11ClF3NO3/c11-7-1-5(10(12,13)14)2-8(9(7)18)15-3-6(17)4-16/h1-2,6,15-18H,3-4H2. The number of anilines is 1. The van der Waals surface area contributed by atoms with Gasteiger partial charge in [0.25, 0.3) is 0 Å². The number of aromatic hydroxyl groups is 1.